The van der Waals surface area contributed by atoms with Gasteiger partial charge in [-0.2, -0.15) is 0 Å². The Hall–Kier alpha value is -2.08. The number of halogens is 2. The van der Waals surface area contributed by atoms with Gasteiger partial charge in [0, 0.05) is 17.8 Å². The van der Waals surface area contributed by atoms with E-state index in [2.05, 4.69) is 48.1 Å². The van der Waals surface area contributed by atoms with Crippen LogP contribution in [0.1, 0.15) is 57.9 Å². The molecule has 2 aromatic carbocycles. The fourth-order valence-corrected chi connectivity index (χ4v) is 4.46. The number of methoxy groups -OCH3 is 1. The topological polar surface area (TPSA) is 41.6 Å². The lowest BCUT2D eigenvalue weighted by Gasteiger charge is -2.37. The zero-order valence-corrected chi connectivity index (χ0v) is 19.6. The SMILES string of the molecule is COc1cc(Br)c(F)cc1NC(=O)N(c1ccccc1C(C)C)[C@H]1CC[C@H](C)CC1. The molecule has 1 saturated carbocycles. The Kier molecular flexibility index (Phi) is 7.40. The van der Waals surface area contributed by atoms with Crippen molar-refractivity contribution in [2.75, 3.05) is 17.3 Å². The first-order valence-electron chi connectivity index (χ1n) is 10.5. The van der Waals surface area contributed by atoms with Gasteiger partial charge in [0.1, 0.15) is 11.6 Å². The van der Waals surface area contributed by atoms with Crippen molar-refractivity contribution in [3.8, 4) is 5.75 Å². The first-order chi connectivity index (χ1) is 14.3. The molecule has 0 saturated heterocycles. The molecule has 0 bridgehead atoms. The minimum atomic E-state index is -0.452. The van der Waals surface area contributed by atoms with Gasteiger partial charge in [-0.15, -0.1) is 0 Å². The largest absolute Gasteiger partial charge is 0.495 e. The summed E-state index contributed by atoms with van der Waals surface area (Å²) in [4.78, 5) is 15.4. The van der Waals surface area contributed by atoms with Crippen LogP contribution in [0.2, 0.25) is 0 Å². The third kappa shape index (κ3) is 4.97. The zero-order chi connectivity index (χ0) is 21.8. The highest BCUT2D eigenvalue weighted by Crippen LogP contribution is 2.36. The number of hydrogen-bond donors (Lipinski definition) is 1. The smallest absolute Gasteiger partial charge is 0.326 e. The number of amides is 2. The molecular weight excluding hydrogens is 447 g/mol. The molecule has 6 heteroatoms. The summed E-state index contributed by atoms with van der Waals surface area (Å²) in [5.74, 6) is 0.906. The Morgan fingerprint density at radius 1 is 1.20 bits per heavy atom. The summed E-state index contributed by atoms with van der Waals surface area (Å²) in [6, 6.07) is 10.7. The molecule has 1 aliphatic carbocycles. The van der Waals surface area contributed by atoms with Crippen molar-refractivity contribution < 1.29 is 13.9 Å². The molecule has 0 unspecified atom stereocenters. The van der Waals surface area contributed by atoms with Crippen molar-refractivity contribution in [3.63, 3.8) is 0 Å². The number of benzene rings is 2. The van der Waals surface area contributed by atoms with E-state index < -0.39 is 5.82 Å². The van der Waals surface area contributed by atoms with Gasteiger partial charge in [-0.05, 0) is 71.1 Å². The van der Waals surface area contributed by atoms with Gasteiger partial charge in [0.25, 0.3) is 0 Å². The number of anilines is 2. The maximum absolute atomic E-state index is 14.2. The van der Waals surface area contributed by atoms with Gasteiger partial charge in [-0.25, -0.2) is 9.18 Å². The lowest BCUT2D eigenvalue weighted by molar-refractivity contribution is 0.249. The highest BCUT2D eigenvalue weighted by Gasteiger charge is 2.31. The lowest BCUT2D eigenvalue weighted by Crippen LogP contribution is -2.45. The van der Waals surface area contributed by atoms with Crippen LogP contribution in [0.4, 0.5) is 20.6 Å². The molecule has 0 spiro atoms. The van der Waals surface area contributed by atoms with Crippen LogP contribution in [0.5, 0.6) is 5.75 Å². The van der Waals surface area contributed by atoms with Crippen LogP contribution in [0.15, 0.2) is 40.9 Å². The van der Waals surface area contributed by atoms with Gasteiger partial charge in [-0.1, -0.05) is 39.0 Å². The second-order valence-corrected chi connectivity index (χ2v) is 9.25. The number of carbonyl (C=O) groups excluding carboxylic acids is 1. The second kappa shape index (κ2) is 9.82. The summed E-state index contributed by atoms with van der Waals surface area (Å²) in [6.45, 7) is 6.52. The minimum Gasteiger partial charge on any atom is -0.495 e. The monoisotopic (exact) mass is 476 g/mol. The quantitative estimate of drug-likeness (QED) is 0.490. The maximum atomic E-state index is 14.2. The fourth-order valence-electron chi connectivity index (χ4n) is 4.14. The van der Waals surface area contributed by atoms with Gasteiger partial charge in [0.2, 0.25) is 0 Å². The fraction of sp³-hybridized carbons (Fsp3) is 0.458. The molecule has 3 rings (SSSR count). The predicted octanol–water partition coefficient (Wildman–Crippen LogP) is 7.34. The molecule has 0 atom stereocenters. The molecule has 0 heterocycles. The summed E-state index contributed by atoms with van der Waals surface area (Å²) in [6.07, 6.45) is 4.09. The van der Waals surface area contributed by atoms with Crippen LogP contribution in [0.3, 0.4) is 0 Å². The van der Waals surface area contributed by atoms with Gasteiger partial charge in [-0.3, -0.25) is 4.90 Å². The summed E-state index contributed by atoms with van der Waals surface area (Å²) in [5.41, 5.74) is 2.36. The van der Waals surface area contributed by atoms with Crippen molar-refractivity contribution >= 4 is 33.3 Å². The maximum Gasteiger partial charge on any atom is 0.326 e. The van der Waals surface area contributed by atoms with Crippen LogP contribution in [0, 0.1) is 11.7 Å². The number of nitrogens with one attached hydrogen (secondary N) is 1. The number of hydrogen-bond acceptors (Lipinski definition) is 2. The molecule has 1 fully saturated rings. The van der Waals surface area contributed by atoms with Crippen molar-refractivity contribution in [1.29, 1.82) is 0 Å². The average molecular weight is 477 g/mol. The standard InChI is InChI=1S/C24H30BrFN2O2/c1-15(2)18-7-5-6-8-22(18)28(17-11-9-16(3)10-12-17)24(29)27-21-14-20(26)19(25)13-23(21)30-4/h5-8,13-17H,9-12H2,1-4H3,(H,27,29)/t16-,17-. The van der Waals surface area contributed by atoms with Crippen LogP contribution in [0.25, 0.3) is 0 Å². The van der Waals surface area contributed by atoms with Gasteiger partial charge < -0.3 is 10.1 Å². The van der Waals surface area contributed by atoms with Crippen molar-refractivity contribution in [3.05, 3.63) is 52.3 Å². The van der Waals surface area contributed by atoms with E-state index >= 15 is 0 Å². The molecule has 2 amide bonds. The van der Waals surface area contributed by atoms with E-state index in [9.17, 15) is 9.18 Å². The summed E-state index contributed by atoms with van der Waals surface area (Å²) >= 11 is 3.17. The second-order valence-electron chi connectivity index (χ2n) is 8.39. The summed E-state index contributed by atoms with van der Waals surface area (Å²) in [5, 5.41) is 2.90. The Morgan fingerprint density at radius 2 is 1.87 bits per heavy atom. The molecule has 1 N–H and O–H groups in total. The van der Waals surface area contributed by atoms with Crippen LogP contribution >= 0.6 is 15.9 Å². The Labute approximate surface area is 186 Å². The molecule has 0 aromatic heterocycles. The molecule has 1 aliphatic rings. The minimum absolute atomic E-state index is 0.104. The lowest BCUT2D eigenvalue weighted by atomic mass is 9.86. The van der Waals surface area contributed by atoms with E-state index in [1.807, 2.05) is 23.1 Å². The normalized spacial score (nSPS) is 18.9. The van der Waals surface area contributed by atoms with Gasteiger partial charge in [0.15, 0.2) is 0 Å². The predicted molar refractivity (Wildman–Crippen MR) is 124 cm³/mol. The molecule has 162 valence electrons. The van der Waals surface area contributed by atoms with Gasteiger partial charge in [0.05, 0.1) is 17.3 Å². The number of nitrogens with zero attached hydrogens (tertiary/aromatic N) is 1. The molecule has 4 nitrogen and oxygen atoms in total. The highest BCUT2D eigenvalue weighted by molar-refractivity contribution is 9.10. The molecular formula is C24H30BrFN2O2. The molecule has 0 aliphatic heterocycles. The number of carbonyl (C=O) groups is 1. The van der Waals surface area contributed by atoms with E-state index in [4.69, 9.17) is 4.74 Å². The van der Waals surface area contributed by atoms with Crippen LogP contribution in [-0.2, 0) is 0 Å². The first-order valence-corrected chi connectivity index (χ1v) is 11.3. The first kappa shape index (κ1) is 22.6. The summed E-state index contributed by atoms with van der Waals surface area (Å²) < 4.78 is 19.8. The van der Waals surface area contributed by atoms with Gasteiger partial charge >= 0.3 is 6.03 Å². The van der Waals surface area contributed by atoms with Crippen molar-refractivity contribution in [2.45, 2.75) is 58.4 Å². The number of rotatable bonds is 5. The van der Waals surface area contributed by atoms with E-state index in [-0.39, 0.29) is 18.0 Å². The van der Waals surface area contributed by atoms with Crippen molar-refractivity contribution in [2.24, 2.45) is 5.92 Å². The van der Waals surface area contributed by atoms with Crippen LogP contribution in [-0.4, -0.2) is 19.2 Å². The summed E-state index contributed by atoms with van der Waals surface area (Å²) in [7, 11) is 1.50. The molecule has 0 radical (unpaired) electrons. The van der Waals surface area contributed by atoms with E-state index in [0.717, 1.165) is 36.9 Å². The number of urea groups is 1. The number of ether oxygens (including phenoxy) is 1. The van der Waals surface area contributed by atoms with Crippen LogP contribution < -0.4 is 15.0 Å². The Balaban J connectivity index is 1.99. The highest BCUT2D eigenvalue weighted by atomic mass is 79.9. The Bertz CT molecular complexity index is 895. The third-order valence-corrected chi connectivity index (χ3v) is 6.48. The van der Waals surface area contributed by atoms with E-state index in [1.54, 1.807) is 0 Å². The number of para-hydroxylation sites is 1. The van der Waals surface area contributed by atoms with E-state index in [0.29, 0.717) is 21.8 Å². The molecule has 2 aromatic rings. The average Bonchev–Trinajstić information content (AvgIpc) is 2.72. The molecule has 30 heavy (non-hydrogen) atoms. The van der Waals surface area contributed by atoms with E-state index in [1.165, 1.54) is 19.2 Å². The Morgan fingerprint density at radius 3 is 2.50 bits per heavy atom. The van der Waals surface area contributed by atoms with Crippen molar-refractivity contribution in [1.82, 2.24) is 0 Å². The zero-order valence-electron chi connectivity index (χ0n) is 18.0. The third-order valence-electron chi connectivity index (χ3n) is 5.87.